The number of ether oxygens (including phenoxy) is 1. The first-order chi connectivity index (χ1) is 12.9. The van der Waals surface area contributed by atoms with E-state index in [1.807, 2.05) is 31.2 Å². The number of rotatable bonds is 4. The molecule has 0 radical (unpaired) electrons. The standard InChI is InChI=1S/C19H19ClN4O3/c1-11-3-6-13(7-4-11)21-19-23-15(10-17(25)24-19)18(26)22-14-9-12(20)5-8-16(14)27-2/h3-9,15H,10H2,1-2H3,(H,22,26)(H2,21,23,24,25). The van der Waals surface area contributed by atoms with Gasteiger partial charge in [0.25, 0.3) is 0 Å². The van der Waals surface area contributed by atoms with Gasteiger partial charge >= 0.3 is 0 Å². The van der Waals surface area contributed by atoms with Gasteiger partial charge in [-0.3, -0.25) is 14.9 Å². The molecule has 2 amide bonds. The van der Waals surface area contributed by atoms with Crippen LogP contribution in [0.4, 0.5) is 11.4 Å². The van der Waals surface area contributed by atoms with Crippen molar-refractivity contribution in [2.75, 3.05) is 17.7 Å². The van der Waals surface area contributed by atoms with Crippen molar-refractivity contribution >= 4 is 40.7 Å². The number of guanidine groups is 1. The molecule has 2 aromatic carbocycles. The molecule has 140 valence electrons. The molecule has 1 unspecified atom stereocenters. The number of hydrogen-bond acceptors (Lipinski definition) is 5. The molecular weight excluding hydrogens is 368 g/mol. The van der Waals surface area contributed by atoms with Crippen molar-refractivity contribution in [1.29, 1.82) is 0 Å². The molecule has 0 saturated heterocycles. The molecule has 0 fully saturated rings. The molecule has 3 rings (SSSR count). The van der Waals surface area contributed by atoms with Gasteiger partial charge in [-0.05, 0) is 37.3 Å². The van der Waals surface area contributed by atoms with Gasteiger partial charge in [-0.1, -0.05) is 29.3 Å². The van der Waals surface area contributed by atoms with Crippen LogP contribution in [-0.4, -0.2) is 30.9 Å². The monoisotopic (exact) mass is 386 g/mol. The van der Waals surface area contributed by atoms with Crippen molar-refractivity contribution in [3.05, 3.63) is 53.1 Å². The Kier molecular flexibility index (Phi) is 5.61. The molecular formula is C19H19ClN4O3. The van der Waals surface area contributed by atoms with E-state index in [4.69, 9.17) is 16.3 Å². The molecule has 2 aromatic rings. The lowest BCUT2D eigenvalue weighted by atomic mass is 10.1. The summed E-state index contributed by atoms with van der Waals surface area (Å²) >= 11 is 5.98. The van der Waals surface area contributed by atoms with E-state index >= 15 is 0 Å². The molecule has 7 nitrogen and oxygen atoms in total. The van der Waals surface area contributed by atoms with Crippen LogP contribution in [0.2, 0.25) is 5.02 Å². The summed E-state index contributed by atoms with van der Waals surface area (Å²) in [6, 6.07) is 11.6. The summed E-state index contributed by atoms with van der Waals surface area (Å²) in [4.78, 5) is 28.9. The van der Waals surface area contributed by atoms with E-state index in [2.05, 4.69) is 20.9 Å². The summed E-state index contributed by atoms with van der Waals surface area (Å²) in [5.41, 5.74) is 2.30. The van der Waals surface area contributed by atoms with Crippen molar-refractivity contribution < 1.29 is 14.3 Å². The average Bonchev–Trinajstić information content (AvgIpc) is 2.63. The lowest BCUT2D eigenvalue weighted by Gasteiger charge is -2.21. The van der Waals surface area contributed by atoms with Crippen LogP contribution in [0, 0.1) is 6.92 Å². The minimum absolute atomic E-state index is 0.0478. The number of nitrogens with zero attached hydrogens (tertiary/aromatic N) is 1. The average molecular weight is 387 g/mol. The highest BCUT2D eigenvalue weighted by Gasteiger charge is 2.27. The Morgan fingerprint density at radius 3 is 2.70 bits per heavy atom. The van der Waals surface area contributed by atoms with E-state index in [0.717, 1.165) is 11.3 Å². The van der Waals surface area contributed by atoms with Gasteiger partial charge in [-0.2, -0.15) is 0 Å². The number of aryl methyl sites for hydroxylation is 1. The molecule has 0 saturated carbocycles. The van der Waals surface area contributed by atoms with Gasteiger partial charge in [0.15, 0.2) is 0 Å². The molecule has 1 aliphatic rings. The molecule has 0 bridgehead atoms. The van der Waals surface area contributed by atoms with Crippen LogP contribution in [0.25, 0.3) is 0 Å². The fourth-order valence-electron chi connectivity index (χ4n) is 2.57. The van der Waals surface area contributed by atoms with Crippen molar-refractivity contribution in [3.8, 4) is 5.75 Å². The number of amides is 2. The van der Waals surface area contributed by atoms with Crippen LogP contribution in [0.1, 0.15) is 12.0 Å². The smallest absolute Gasteiger partial charge is 0.249 e. The largest absolute Gasteiger partial charge is 0.495 e. The molecule has 1 atom stereocenters. The molecule has 0 spiro atoms. The number of carbonyl (C=O) groups is 2. The van der Waals surface area contributed by atoms with Gasteiger partial charge in [0.05, 0.1) is 19.2 Å². The lowest BCUT2D eigenvalue weighted by molar-refractivity contribution is -0.124. The minimum atomic E-state index is -0.865. The summed E-state index contributed by atoms with van der Waals surface area (Å²) in [7, 11) is 1.49. The first kappa shape index (κ1) is 18.7. The predicted octanol–water partition coefficient (Wildman–Crippen LogP) is 2.95. The second kappa shape index (κ2) is 8.09. The highest BCUT2D eigenvalue weighted by Crippen LogP contribution is 2.28. The van der Waals surface area contributed by atoms with E-state index in [-0.39, 0.29) is 18.3 Å². The number of benzene rings is 2. The van der Waals surface area contributed by atoms with Gasteiger partial charge < -0.3 is 15.4 Å². The van der Waals surface area contributed by atoms with Crippen LogP contribution < -0.4 is 20.7 Å². The number of halogens is 1. The summed E-state index contributed by atoms with van der Waals surface area (Å²) in [5, 5.41) is 8.82. The molecule has 8 heteroatoms. The second-order valence-electron chi connectivity index (χ2n) is 6.07. The quantitative estimate of drug-likeness (QED) is 0.753. The number of anilines is 2. The maximum atomic E-state index is 12.6. The zero-order chi connectivity index (χ0) is 19.4. The maximum Gasteiger partial charge on any atom is 0.249 e. The number of aliphatic imine (C=N–C) groups is 1. The van der Waals surface area contributed by atoms with Gasteiger partial charge in [-0.15, -0.1) is 0 Å². The molecule has 3 N–H and O–H groups in total. The maximum absolute atomic E-state index is 12.6. The van der Waals surface area contributed by atoms with Crippen molar-refractivity contribution in [2.45, 2.75) is 19.4 Å². The third-order valence-electron chi connectivity index (χ3n) is 3.96. The molecule has 27 heavy (non-hydrogen) atoms. The van der Waals surface area contributed by atoms with Crippen LogP contribution in [0.5, 0.6) is 5.75 Å². The fraction of sp³-hybridized carbons (Fsp3) is 0.211. The normalized spacial score (nSPS) is 16.2. The van der Waals surface area contributed by atoms with Crippen molar-refractivity contribution in [3.63, 3.8) is 0 Å². The SMILES string of the molecule is COc1ccc(Cl)cc1NC(=O)C1CC(=O)NC(Nc2ccc(C)cc2)=N1. The Bertz CT molecular complexity index is 896. The third-order valence-corrected chi connectivity index (χ3v) is 4.19. The highest BCUT2D eigenvalue weighted by atomic mass is 35.5. The molecule has 0 aromatic heterocycles. The van der Waals surface area contributed by atoms with Crippen LogP contribution in [0.3, 0.4) is 0 Å². The Balaban J connectivity index is 1.76. The number of carbonyl (C=O) groups excluding carboxylic acids is 2. The zero-order valence-corrected chi connectivity index (χ0v) is 15.6. The zero-order valence-electron chi connectivity index (χ0n) is 14.9. The topological polar surface area (TPSA) is 91.8 Å². The second-order valence-corrected chi connectivity index (χ2v) is 6.51. The van der Waals surface area contributed by atoms with E-state index < -0.39 is 11.9 Å². The summed E-state index contributed by atoms with van der Waals surface area (Å²) in [6.07, 6.45) is -0.0478. The minimum Gasteiger partial charge on any atom is -0.495 e. The van der Waals surface area contributed by atoms with E-state index in [1.165, 1.54) is 7.11 Å². The van der Waals surface area contributed by atoms with Crippen molar-refractivity contribution in [1.82, 2.24) is 5.32 Å². The lowest BCUT2D eigenvalue weighted by Crippen LogP contribution is -2.45. The Hall–Kier alpha value is -3.06. The Morgan fingerprint density at radius 2 is 2.00 bits per heavy atom. The number of methoxy groups -OCH3 is 1. The van der Waals surface area contributed by atoms with E-state index in [1.54, 1.807) is 18.2 Å². The predicted molar refractivity (Wildman–Crippen MR) is 105 cm³/mol. The highest BCUT2D eigenvalue weighted by molar-refractivity contribution is 6.31. The summed E-state index contributed by atoms with van der Waals surface area (Å²) < 4.78 is 5.22. The van der Waals surface area contributed by atoms with Gasteiger partial charge in [0.2, 0.25) is 17.8 Å². The summed E-state index contributed by atoms with van der Waals surface area (Å²) in [5.74, 6) is -0.0187. The molecule has 0 aliphatic carbocycles. The van der Waals surface area contributed by atoms with E-state index in [9.17, 15) is 9.59 Å². The first-order valence-corrected chi connectivity index (χ1v) is 8.68. The molecule has 1 heterocycles. The van der Waals surface area contributed by atoms with Gasteiger partial charge in [0.1, 0.15) is 11.8 Å². The fourth-order valence-corrected chi connectivity index (χ4v) is 2.75. The van der Waals surface area contributed by atoms with Crippen LogP contribution >= 0.6 is 11.6 Å². The number of hydrogen-bond donors (Lipinski definition) is 3. The van der Waals surface area contributed by atoms with Gasteiger partial charge in [0, 0.05) is 10.7 Å². The Morgan fingerprint density at radius 1 is 1.26 bits per heavy atom. The number of nitrogens with one attached hydrogen (secondary N) is 3. The van der Waals surface area contributed by atoms with E-state index in [0.29, 0.717) is 16.5 Å². The molecule has 1 aliphatic heterocycles. The third kappa shape index (κ3) is 4.77. The summed E-state index contributed by atoms with van der Waals surface area (Å²) in [6.45, 7) is 1.98. The first-order valence-electron chi connectivity index (χ1n) is 8.30. The van der Waals surface area contributed by atoms with Crippen molar-refractivity contribution in [2.24, 2.45) is 4.99 Å². The van der Waals surface area contributed by atoms with Crippen LogP contribution in [-0.2, 0) is 9.59 Å². The van der Waals surface area contributed by atoms with Crippen LogP contribution in [0.15, 0.2) is 47.5 Å². The van der Waals surface area contributed by atoms with Gasteiger partial charge in [-0.25, -0.2) is 4.99 Å². The Labute approximate surface area is 161 Å².